The van der Waals surface area contributed by atoms with Crippen molar-refractivity contribution in [1.29, 1.82) is 0 Å². The fraction of sp³-hybridized carbons (Fsp3) is 0. The van der Waals surface area contributed by atoms with Crippen LogP contribution < -0.4 is 0 Å². The molecule has 4 aromatic rings. The molecule has 0 aliphatic heterocycles. The van der Waals surface area contributed by atoms with Crippen LogP contribution in [0.4, 0.5) is 0 Å². The zero-order valence-corrected chi connectivity index (χ0v) is 12.8. The first-order valence-electron chi connectivity index (χ1n) is 7.38. The fourth-order valence-electron chi connectivity index (χ4n) is 3.32. The topological polar surface area (TPSA) is 34.1 Å². The van der Waals surface area contributed by atoms with Crippen molar-refractivity contribution in [3.8, 4) is 0 Å². The molecule has 1 aliphatic rings. The third-order valence-electron chi connectivity index (χ3n) is 4.42. The first-order valence-corrected chi connectivity index (χ1v) is 8.19. The lowest BCUT2D eigenvalue weighted by Crippen LogP contribution is -2.20. The second-order valence-corrected chi connectivity index (χ2v) is 6.78. The predicted octanol–water partition coefficient (Wildman–Crippen LogP) is 4.83. The molecule has 1 aromatic heterocycles. The van der Waals surface area contributed by atoms with Crippen molar-refractivity contribution in [2.24, 2.45) is 0 Å². The van der Waals surface area contributed by atoms with Crippen LogP contribution in [0.3, 0.4) is 0 Å². The van der Waals surface area contributed by atoms with Crippen LogP contribution in [0.1, 0.15) is 31.8 Å². The first kappa shape index (κ1) is 12.7. The Hall–Kier alpha value is -2.78. The summed E-state index contributed by atoms with van der Waals surface area (Å²) in [5.74, 6) is -0.123. The van der Waals surface area contributed by atoms with E-state index in [1.165, 1.54) is 4.70 Å². The van der Waals surface area contributed by atoms with E-state index in [4.69, 9.17) is 0 Å². The van der Waals surface area contributed by atoms with E-state index in [2.05, 4.69) is 12.1 Å². The Bertz CT molecular complexity index is 1150. The van der Waals surface area contributed by atoms with Crippen molar-refractivity contribution in [3.63, 3.8) is 0 Å². The molecule has 0 atom stereocenters. The molecule has 2 nitrogen and oxygen atoms in total. The van der Waals surface area contributed by atoms with Crippen LogP contribution in [0, 0.1) is 0 Å². The molecule has 0 saturated heterocycles. The van der Waals surface area contributed by atoms with Gasteiger partial charge in [0.25, 0.3) is 0 Å². The maximum absolute atomic E-state index is 12.8. The van der Waals surface area contributed by atoms with Gasteiger partial charge < -0.3 is 0 Å². The molecule has 1 aliphatic carbocycles. The van der Waals surface area contributed by atoms with Gasteiger partial charge in [-0.2, -0.15) is 0 Å². The SMILES string of the molecule is O=C1c2ccccc2C(=O)c2cc3c(cc21)sc1ccccc13. The van der Waals surface area contributed by atoms with Crippen LogP contribution in [0.15, 0.2) is 60.7 Å². The summed E-state index contributed by atoms with van der Waals surface area (Å²) < 4.78 is 2.22. The number of carbonyl (C=O) groups is 2. The number of hydrogen-bond donors (Lipinski definition) is 0. The van der Waals surface area contributed by atoms with E-state index in [-0.39, 0.29) is 11.6 Å². The normalized spacial score (nSPS) is 13.4. The Morgan fingerprint density at radius 3 is 1.91 bits per heavy atom. The molecule has 0 bridgehead atoms. The van der Waals surface area contributed by atoms with Gasteiger partial charge in [-0.3, -0.25) is 9.59 Å². The average Bonchev–Trinajstić information content (AvgIpc) is 2.96. The van der Waals surface area contributed by atoms with Gasteiger partial charge in [0, 0.05) is 42.4 Å². The van der Waals surface area contributed by atoms with Gasteiger partial charge in [-0.15, -0.1) is 11.3 Å². The molecule has 1 heterocycles. The highest BCUT2D eigenvalue weighted by molar-refractivity contribution is 7.25. The standard InChI is InChI=1S/C20H10O2S/c21-19-12-6-1-2-7-13(12)20(22)16-10-18-14(9-15(16)19)11-5-3-4-8-17(11)23-18/h1-10H. The molecule has 0 N–H and O–H groups in total. The predicted molar refractivity (Wildman–Crippen MR) is 92.6 cm³/mol. The zero-order chi connectivity index (χ0) is 15.6. The molecule has 108 valence electrons. The molecule has 0 unspecified atom stereocenters. The Balaban J connectivity index is 1.89. The lowest BCUT2D eigenvalue weighted by Gasteiger charge is -2.17. The highest BCUT2D eigenvalue weighted by Gasteiger charge is 2.30. The van der Waals surface area contributed by atoms with Crippen LogP contribution in [0.2, 0.25) is 0 Å². The fourth-order valence-corrected chi connectivity index (χ4v) is 4.44. The Morgan fingerprint density at radius 1 is 0.565 bits per heavy atom. The third-order valence-corrected chi connectivity index (χ3v) is 5.56. The maximum Gasteiger partial charge on any atom is 0.194 e. The Kier molecular flexibility index (Phi) is 2.42. The van der Waals surface area contributed by atoms with Gasteiger partial charge >= 0.3 is 0 Å². The largest absolute Gasteiger partial charge is 0.289 e. The minimum atomic E-state index is -0.0626. The first-order chi connectivity index (χ1) is 11.2. The van der Waals surface area contributed by atoms with E-state index in [1.807, 2.05) is 24.3 Å². The van der Waals surface area contributed by atoms with Gasteiger partial charge in [-0.05, 0) is 18.2 Å². The highest BCUT2D eigenvalue weighted by Crippen LogP contribution is 2.38. The third kappa shape index (κ3) is 1.63. The Morgan fingerprint density at radius 2 is 1.17 bits per heavy atom. The van der Waals surface area contributed by atoms with Gasteiger partial charge in [0.2, 0.25) is 0 Å². The Labute approximate surface area is 136 Å². The van der Waals surface area contributed by atoms with Gasteiger partial charge in [0.05, 0.1) is 0 Å². The van der Waals surface area contributed by atoms with Gasteiger partial charge in [-0.1, -0.05) is 42.5 Å². The smallest absolute Gasteiger partial charge is 0.194 e. The molecule has 0 radical (unpaired) electrons. The molecule has 5 rings (SSSR count). The van der Waals surface area contributed by atoms with Crippen molar-refractivity contribution in [1.82, 2.24) is 0 Å². The summed E-state index contributed by atoms with van der Waals surface area (Å²) in [7, 11) is 0. The monoisotopic (exact) mass is 314 g/mol. The number of ketones is 2. The highest BCUT2D eigenvalue weighted by atomic mass is 32.1. The average molecular weight is 314 g/mol. The number of carbonyl (C=O) groups excluding carboxylic acids is 2. The molecule has 0 amide bonds. The summed E-state index contributed by atoms with van der Waals surface area (Å²) in [5, 5.41) is 2.18. The summed E-state index contributed by atoms with van der Waals surface area (Å²) in [6, 6.07) is 19.0. The van der Waals surface area contributed by atoms with Crippen molar-refractivity contribution in [3.05, 3.63) is 82.9 Å². The van der Waals surface area contributed by atoms with Crippen molar-refractivity contribution < 1.29 is 9.59 Å². The van der Waals surface area contributed by atoms with Gasteiger partial charge in [-0.25, -0.2) is 0 Å². The summed E-state index contributed by atoms with van der Waals surface area (Å²) in [6.45, 7) is 0. The quantitative estimate of drug-likeness (QED) is 0.410. The number of thiophene rings is 1. The van der Waals surface area contributed by atoms with E-state index in [0.717, 1.165) is 15.5 Å². The van der Waals surface area contributed by atoms with E-state index in [0.29, 0.717) is 22.3 Å². The van der Waals surface area contributed by atoms with E-state index in [1.54, 1.807) is 35.6 Å². The minimum Gasteiger partial charge on any atom is -0.289 e. The number of benzene rings is 3. The lowest BCUT2D eigenvalue weighted by molar-refractivity contribution is 0.0979. The van der Waals surface area contributed by atoms with Gasteiger partial charge in [0.1, 0.15) is 0 Å². The summed E-state index contributed by atoms with van der Waals surface area (Å²) >= 11 is 1.66. The van der Waals surface area contributed by atoms with E-state index >= 15 is 0 Å². The summed E-state index contributed by atoms with van der Waals surface area (Å²) in [6.07, 6.45) is 0. The minimum absolute atomic E-state index is 0.0606. The molecular formula is C20H10O2S. The number of hydrogen-bond acceptors (Lipinski definition) is 3. The molecule has 3 aromatic carbocycles. The van der Waals surface area contributed by atoms with Crippen LogP contribution in [0.25, 0.3) is 20.2 Å². The number of fused-ring (bicyclic) bond motifs is 5. The van der Waals surface area contributed by atoms with Crippen LogP contribution in [-0.2, 0) is 0 Å². The zero-order valence-electron chi connectivity index (χ0n) is 12.0. The second kappa shape index (κ2) is 4.37. The van der Waals surface area contributed by atoms with Gasteiger partial charge in [0.15, 0.2) is 11.6 Å². The van der Waals surface area contributed by atoms with Crippen molar-refractivity contribution in [2.75, 3.05) is 0 Å². The maximum atomic E-state index is 12.8. The van der Waals surface area contributed by atoms with Crippen molar-refractivity contribution >= 4 is 43.1 Å². The number of rotatable bonds is 0. The molecule has 0 fully saturated rings. The second-order valence-electron chi connectivity index (χ2n) is 5.70. The lowest BCUT2D eigenvalue weighted by atomic mass is 9.83. The summed E-state index contributed by atoms with van der Waals surface area (Å²) in [4.78, 5) is 25.6. The van der Waals surface area contributed by atoms with E-state index in [9.17, 15) is 9.59 Å². The van der Waals surface area contributed by atoms with Crippen LogP contribution >= 0.6 is 11.3 Å². The van der Waals surface area contributed by atoms with Crippen LogP contribution in [-0.4, -0.2) is 11.6 Å². The van der Waals surface area contributed by atoms with E-state index < -0.39 is 0 Å². The molecule has 3 heteroatoms. The molecular weight excluding hydrogens is 304 g/mol. The molecule has 23 heavy (non-hydrogen) atoms. The summed E-state index contributed by atoms with van der Waals surface area (Å²) in [5.41, 5.74) is 2.05. The van der Waals surface area contributed by atoms with Crippen molar-refractivity contribution in [2.45, 2.75) is 0 Å². The molecule has 0 spiro atoms. The van der Waals surface area contributed by atoms with Crippen LogP contribution in [0.5, 0.6) is 0 Å². The molecule has 0 saturated carbocycles.